The molecule has 0 unspecified atom stereocenters. The van der Waals surface area contributed by atoms with E-state index in [0.717, 1.165) is 23.2 Å². The largest absolute Gasteiger partial charge is 0.321 e. The SMILES string of the molecule is CC(C)(C)P(Cc1cccc(-c2cccc(=O)[nH]2)n1)C(C)(C)C. The molecule has 124 valence electrons. The molecule has 1 N–H and O–H groups in total. The first-order valence-electron chi connectivity index (χ1n) is 8.01. The van der Waals surface area contributed by atoms with E-state index in [1.807, 2.05) is 18.2 Å². The van der Waals surface area contributed by atoms with Crippen LogP contribution in [0.3, 0.4) is 0 Å². The summed E-state index contributed by atoms with van der Waals surface area (Å²) >= 11 is 0. The number of rotatable bonds is 3. The van der Waals surface area contributed by atoms with Crippen LogP contribution in [-0.2, 0) is 6.16 Å². The minimum absolute atomic E-state index is 0.0960. The molecule has 2 heterocycles. The van der Waals surface area contributed by atoms with Crippen LogP contribution in [0.2, 0.25) is 0 Å². The lowest BCUT2D eigenvalue weighted by atomic mass is 10.2. The van der Waals surface area contributed by atoms with Crippen LogP contribution in [-0.4, -0.2) is 20.3 Å². The van der Waals surface area contributed by atoms with E-state index in [0.29, 0.717) is 0 Å². The van der Waals surface area contributed by atoms with Gasteiger partial charge in [0, 0.05) is 17.9 Å². The fourth-order valence-electron chi connectivity index (χ4n) is 2.96. The first-order valence-corrected chi connectivity index (χ1v) is 9.53. The maximum Gasteiger partial charge on any atom is 0.248 e. The molecule has 0 spiro atoms. The van der Waals surface area contributed by atoms with E-state index in [4.69, 9.17) is 4.98 Å². The van der Waals surface area contributed by atoms with Crippen LogP contribution in [0.25, 0.3) is 11.4 Å². The molecule has 0 saturated heterocycles. The Kier molecular flexibility index (Phi) is 5.10. The second kappa shape index (κ2) is 6.57. The molecule has 2 aromatic rings. The summed E-state index contributed by atoms with van der Waals surface area (Å²) < 4.78 is 0. The molecular weight excluding hydrogens is 303 g/mol. The summed E-state index contributed by atoms with van der Waals surface area (Å²) in [5.74, 6) is 0. The van der Waals surface area contributed by atoms with Gasteiger partial charge < -0.3 is 4.98 Å². The molecule has 2 rings (SSSR count). The molecule has 4 heteroatoms. The highest BCUT2D eigenvalue weighted by Crippen LogP contribution is 2.61. The van der Waals surface area contributed by atoms with E-state index >= 15 is 0 Å². The van der Waals surface area contributed by atoms with Crippen LogP contribution in [0, 0.1) is 0 Å². The third-order valence-electron chi connectivity index (χ3n) is 3.79. The molecule has 0 fully saturated rings. The summed E-state index contributed by atoms with van der Waals surface area (Å²) in [6.45, 7) is 13.9. The second-order valence-electron chi connectivity index (χ2n) is 7.87. The van der Waals surface area contributed by atoms with Crippen LogP contribution in [0.4, 0.5) is 0 Å². The normalized spacial score (nSPS) is 12.7. The number of nitrogens with zero attached hydrogens (tertiary/aromatic N) is 1. The highest BCUT2D eigenvalue weighted by atomic mass is 31.1. The lowest BCUT2D eigenvalue weighted by Crippen LogP contribution is -2.26. The van der Waals surface area contributed by atoms with Crippen LogP contribution in [0.1, 0.15) is 47.2 Å². The Morgan fingerprint density at radius 2 is 1.57 bits per heavy atom. The number of pyridine rings is 2. The van der Waals surface area contributed by atoms with Gasteiger partial charge in [-0.05, 0) is 28.5 Å². The number of nitrogens with one attached hydrogen (secondary N) is 1. The van der Waals surface area contributed by atoms with Gasteiger partial charge in [0.2, 0.25) is 5.56 Å². The molecule has 0 saturated carbocycles. The van der Waals surface area contributed by atoms with Gasteiger partial charge in [-0.25, -0.2) is 0 Å². The number of aromatic nitrogens is 2. The minimum Gasteiger partial charge on any atom is -0.321 e. The van der Waals surface area contributed by atoms with Gasteiger partial charge in [0.1, 0.15) is 0 Å². The van der Waals surface area contributed by atoms with Crippen molar-refractivity contribution in [1.82, 2.24) is 9.97 Å². The third kappa shape index (κ3) is 4.75. The molecule has 3 nitrogen and oxygen atoms in total. The van der Waals surface area contributed by atoms with E-state index in [1.165, 1.54) is 6.07 Å². The zero-order chi connectivity index (χ0) is 17.3. The van der Waals surface area contributed by atoms with Crippen molar-refractivity contribution in [3.8, 4) is 11.4 Å². The monoisotopic (exact) mass is 330 g/mol. The molecule has 0 amide bonds. The second-order valence-corrected chi connectivity index (χ2v) is 11.7. The Labute approximate surface area is 140 Å². The summed E-state index contributed by atoms with van der Waals surface area (Å²) in [5.41, 5.74) is 2.61. The standard InChI is InChI=1S/C19H27N2OP/c1-18(2,3)23(19(4,5)6)13-14-9-7-10-15(20-14)16-11-8-12-17(22)21-16/h7-12H,13H2,1-6H3,(H,21,22). The van der Waals surface area contributed by atoms with Crippen LogP contribution in [0.5, 0.6) is 0 Å². The van der Waals surface area contributed by atoms with Crippen LogP contribution < -0.4 is 5.56 Å². The van der Waals surface area contributed by atoms with Gasteiger partial charge in [-0.1, -0.05) is 61.6 Å². The van der Waals surface area contributed by atoms with Crippen molar-refractivity contribution in [3.05, 3.63) is 52.4 Å². The summed E-state index contributed by atoms with van der Waals surface area (Å²) in [6.07, 6.45) is 0.993. The Morgan fingerprint density at radius 1 is 0.957 bits per heavy atom. The van der Waals surface area contributed by atoms with Gasteiger partial charge in [-0.15, -0.1) is 0 Å². The fourth-order valence-corrected chi connectivity index (χ4v) is 6.42. The first kappa shape index (κ1) is 17.9. The maximum absolute atomic E-state index is 11.5. The molecule has 2 aromatic heterocycles. The summed E-state index contributed by atoms with van der Waals surface area (Å²) in [5, 5.41) is 0.540. The molecule has 0 atom stereocenters. The van der Waals surface area contributed by atoms with Crippen molar-refractivity contribution in [1.29, 1.82) is 0 Å². The van der Waals surface area contributed by atoms with Crippen molar-refractivity contribution < 1.29 is 0 Å². The summed E-state index contributed by atoms with van der Waals surface area (Å²) in [7, 11) is -0.241. The highest BCUT2D eigenvalue weighted by Gasteiger charge is 2.34. The lowest BCUT2D eigenvalue weighted by molar-refractivity contribution is 0.701. The van der Waals surface area contributed by atoms with Crippen LogP contribution >= 0.6 is 7.92 Å². The first-order chi connectivity index (χ1) is 10.6. The number of aromatic amines is 1. The van der Waals surface area contributed by atoms with Crippen LogP contribution in [0.15, 0.2) is 41.2 Å². The molecule has 0 aromatic carbocycles. The van der Waals surface area contributed by atoms with Crippen molar-refractivity contribution in [3.63, 3.8) is 0 Å². The molecule has 0 bridgehead atoms. The summed E-state index contributed by atoms with van der Waals surface area (Å²) in [4.78, 5) is 19.2. The van der Waals surface area contributed by atoms with E-state index < -0.39 is 0 Å². The molecule has 0 aliphatic heterocycles. The maximum atomic E-state index is 11.5. The summed E-state index contributed by atoms with van der Waals surface area (Å²) in [6, 6.07) is 11.2. The molecule has 0 aliphatic rings. The van der Waals surface area contributed by atoms with Gasteiger partial charge in [-0.3, -0.25) is 9.78 Å². The average Bonchev–Trinajstić information content (AvgIpc) is 2.43. The quantitative estimate of drug-likeness (QED) is 0.804. The Morgan fingerprint density at radius 3 is 2.13 bits per heavy atom. The van der Waals surface area contributed by atoms with Gasteiger partial charge in [0.25, 0.3) is 0 Å². The molecule has 0 aliphatic carbocycles. The zero-order valence-corrected chi connectivity index (χ0v) is 15.9. The Bertz CT molecular complexity index is 709. The predicted molar refractivity (Wildman–Crippen MR) is 100 cm³/mol. The minimum atomic E-state index is -0.241. The topological polar surface area (TPSA) is 45.8 Å². The van der Waals surface area contributed by atoms with E-state index in [1.54, 1.807) is 6.07 Å². The van der Waals surface area contributed by atoms with E-state index in [2.05, 4.69) is 52.6 Å². The number of hydrogen-bond donors (Lipinski definition) is 1. The van der Waals surface area contributed by atoms with Gasteiger partial charge in [-0.2, -0.15) is 0 Å². The fraction of sp³-hybridized carbons (Fsp3) is 0.474. The zero-order valence-electron chi connectivity index (χ0n) is 15.0. The van der Waals surface area contributed by atoms with Crippen molar-refractivity contribution in [2.75, 3.05) is 0 Å². The Balaban J connectivity index is 2.34. The molecular formula is C19H27N2OP. The van der Waals surface area contributed by atoms with E-state index in [9.17, 15) is 4.79 Å². The smallest absolute Gasteiger partial charge is 0.248 e. The molecule has 23 heavy (non-hydrogen) atoms. The van der Waals surface area contributed by atoms with Gasteiger partial charge in [0.15, 0.2) is 0 Å². The van der Waals surface area contributed by atoms with Gasteiger partial charge >= 0.3 is 0 Å². The highest BCUT2D eigenvalue weighted by molar-refractivity contribution is 7.60. The lowest BCUT2D eigenvalue weighted by Gasteiger charge is -2.41. The van der Waals surface area contributed by atoms with Crippen molar-refractivity contribution in [2.45, 2.75) is 58.0 Å². The van der Waals surface area contributed by atoms with E-state index in [-0.39, 0.29) is 23.8 Å². The van der Waals surface area contributed by atoms with Gasteiger partial charge in [0.05, 0.1) is 11.4 Å². The third-order valence-corrected chi connectivity index (χ3v) is 7.67. The Hall–Kier alpha value is -1.47. The average molecular weight is 330 g/mol. The number of H-pyrrole nitrogens is 1. The molecule has 0 radical (unpaired) electrons. The number of hydrogen-bond acceptors (Lipinski definition) is 2. The van der Waals surface area contributed by atoms with Crippen molar-refractivity contribution in [2.24, 2.45) is 0 Å². The predicted octanol–water partition coefficient (Wildman–Crippen LogP) is 5.02. The van der Waals surface area contributed by atoms with Crippen molar-refractivity contribution >= 4 is 7.92 Å².